The molecule has 0 aliphatic rings. The zero-order valence-corrected chi connectivity index (χ0v) is 10.1. The summed E-state index contributed by atoms with van der Waals surface area (Å²) in [6.45, 7) is 2.03. The van der Waals surface area contributed by atoms with Gasteiger partial charge in [-0.05, 0) is 24.1 Å². The van der Waals surface area contributed by atoms with Crippen molar-refractivity contribution in [3.8, 4) is 5.69 Å². The predicted octanol–water partition coefficient (Wildman–Crippen LogP) is 0.832. The minimum Gasteiger partial charge on any atom is -0.475 e. The Balaban J connectivity index is 2.54. The summed E-state index contributed by atoms with van der Waals surface area (Å²) in [5, 5.41) is 12.7. The van der Waals surface area contributed by atoms with E-state index in [-0.39, 0.29) is 5.82 Å². The molecular formula is C12H13N3O3. The van der Waals surface area contributed by atoms with Crippen molar-refractivity contribution in [1.82, 2.24) is 14.3 Å². The molecular weight excluding hydrogens is 234 g/mol. The normalized spacial score (nSPS) is 10.6. The summed E-state index contributed by atoms with van der Waals surface area (Å²) in [6.07, 6.45) is 0.901. The highest BCUT2D eigenvalue weighted by molar-refractivity contribution is 5.83. The fourth-order valence-electron chi connectivity index (χ4n) is 1.66. The minimum absolute atomic E-state index is 0.278. The van der Waals surface area contributed by atoms with Gasteiger partial charge >= 0.3 is 11.7 Å². The number of benzene rings is 1. The maximum Gasteiger partial charge on any atom is 0.374 e. The number of aromatic carboxylic acids is 1. The molecule has 0 aliphatic heterocycles. The third-order valence-corrected chi connectivity index (χ3v) is 2.76. The van der Waals surface area contributed by atoms with Crippen LogP contribution in [0.5, 0.6) is 0 Å². The van der Waals surface area contributed by atoms with Crippen LogP contribution in [-0.4, -0.2) is 25.4 Å². The molecule has 2 rings (SSSR count). The second-order valence-corrected chi connectivity index (χ2v) is 3.90. The van der Waals surface area contributed by atoms with Crippen molar-refractivity contribution in [2.24, 2.45) is 7.05 Å². The molecule has 0 radical (unpaired) electrons. The van der Waals surface area contributed by atoms with E-state index in [9.17, 15) is 9.59 Å². The van der Waals surface area contributed by atoms with E-state index in [0.717, 1.165) is 21.2 Å². The molecule has 6 nitrogen and oxygen atoms in total. The largest absolute Gasteiger partial charge is 0.475 e. The SMILES string of the molecule is CCc1ccc(-n2nc(C(=O)O)n(C)c2=O)cc1. The van der Waals surface area contributed by atoms with Crippen molar-refractivity contribution in [3.63, 3.8) is 0 Å². The Morgan fingerprint density at radius 3 is 2.39 bits per heavy atom. The number of rotatable bonds is 3. The van der Waals surface area contributed by atoms with Gasteiger partial charge in [-0.3, -0.25) is 4.57 Å². The van der Waals surface area contributed by atoms with E-state index in [1.807, 2.05) is 19.1 Å². The molecule has 0 aliphatic carbocycles. The molecule has 2 aromatic rings. The quantitative estimate of drug-likeness (QED) is 0.871. The van der Waals surface area contributed by atoms with Gasteiger partial charge in [-0.1, -0.05) is 19.1 Å². The van der Waals surface area contributed by atoms with Gasteiger partial charge in [0.25, 0.3) is 0 Å². The predicted molar refractivity (Wildman–Crippen MR) is 65.1 cm³/mol. The van der Waals surface area contributed by atoms with E-state index < -0.39 is 11.7 Å². The van der Waals surface area contributed by atoms with Gasteiger partial charge in [-0.25, -0.2) is 9.59 Å². The van der Waals surface area contributed by atoms with Gasteiger partial charge in [0.05, 0.1) is 5.69 Å². The van der Waals surface area contributed by atoms with Crippen LogP contribution in [0.4, 0.5) is 0 Å². The lowest BCUT2D eigenvalue weighted by molar-refractivity contribution is 0.0678. The molecule has 0 amide bonds. The molecule has 1 aromatic carbocycles. The fraction of sp³-hybridized carbons (Fsp3) is 0.250. The average Bonchev–Trinajstić information content (AvgIpc) is 2.67. The van der Waals surface area contributed by atoms with Crippen LogP contribution in [-0.2, 0) is 13.5 Å². The Kier molecular flexibility index (Phi) is 3.01. The van der Waals surface area contributed by atoms with Crippen molar-refractivity contribution in [1.29, 1.82) is 0 Å². The Hall–Kier alpha value is -2.37. The summed E-state index contributed by atoms with van der Waals surface area (Å²) < 4.78 is 2.10. The number of carboxylic acids is 1. The third kappa shape index (κ3) is 1.92. The second kappa shape index (κ2) is 4.48. The van der Waals surface area contributed by atoms with Gasteiger partial charge in [0.2, 0.25) is 5.82 Å². The zero-order valence-electron chi connectivity index (χ0n) is 10.1. The molecule has 0 bridgehead atoms. The molecule has 0 saturated carbocycles. The van der Waals surface area contributed by atoms with Gasteiger partial charge in [0.15, 0.2) is 0 Å². The highest BCUT2D eigenvalue weighted by Gasteiger charge is 2.16. The van der Waals surface area contributed by atoms with Crippen molar-refractivity contribution in [3.05, 3.63) is 46.1 Å². The number of nitrogens with zero attached hydrogens (tertiary/aromatic N) is 3. The third-order valence-electron chi connectivity index (χ3n) is 2.76. The van der Waals surface area contributed by atoms with Gasteiger partial charge in [-0.15, -0.1) is 5.10 Å². The first-order valence-electron chi connectivity index (χ1n) is 5.53. The van der Waals surface area contributed by atoms with Gasteiger partial charge in [0.1, 0.15) is 0 Å². The highest BCUT2D eigenvalue weighted by Crippen LogP contribution is 2.08. The topological polar surface area (TPSA) is 77.1 Å². The van der Waals surface area contributed by atoms with Crippen molar-refractivity contribution in [2.75, 3.05) is 0 Å². The lowest BCUT2D eigenvalue weighted by Gasteiger charge is -2.00. The van der Waals surface area contributed by atoms with Crippen LogP contribution in [0, 0.1) is 0 Å². The summed E-state index contributed by atoms with van der Waals surface area (Å²) in [5.41, 5.74) is 1.22. The first kappa shape index (κ1) is 12.1. The first-order chi connectivity index (χ1) is 8.54. The Bertz CT molecular complexity index is 638. The van der Waals surface area contributed by atoms with E-state index in [0.29, 0.717) is 5.69 Å². The number of aromatic nitrogens is 3. The number of carboxylic acid groups (broad SMARTS) is 1. The fourth-order valence-corrected chi connectivity index (χ4v) is 1.66. The summed E-state index contributed by atoms with van der Waals surface area (Å²) >= 11 is 0. The summed E-state index contributed by atoms with van der Waals surface area (Å²) in [5.74, 6) is -1.50. The van der Waals surface area contributed by atoms with Crippen molar-refractivity contribution < 1.29 is 9.90 Å². The molecule has 0 atom stereocenters. The van der Waals surface area contributed by atoms with Crippen LogP contribution in [0.15, 0.2) is 29.1 Å². The van der Waals surface area contributed by atoms with Crippen LogP contribution in [0.2, 0.25) is 0 Å². The lowest BCUT2D eigenvalue weighted by Crippen LogP contribution is -2.22. The molecule has 0 spiro atoms. The standard InChI is InChI=1S/C12H13N3O3/c1-3-8-4-6-9(7-5-8)15-12(18)14(2)10(13-15)11(16)17/h4-7H,3H2,1-2H3,(H,16,17). The van der Waals surface area contributed by atoms with Crippen molar-refractivity contribution in [2.45, 2.75) is 13.3 Å². The van der Waals surface area contributed by atoms with E-state index in [1.165, 1.54) is 7.05 Å². The highest BCUT2D eigenvalue weighted by atomic mass is 16.4. The van der Waals surface area contributed by atoms with E-state index in [1.54, 1.807) is 12.1 Å². The number of carbonyl (C=O) groups is 1. The smallest absolute Gasteiger partial charge is 0.374 e. The molecule has 94 valence electrons. The van der Waals surface area contributed by atoms with E-state index in [4.69, 9.17) is 5.11 Å². The molecule has 0 unspecified atom stereocenters. The molecule has 1 aromatic heterocycles. The Morgan fingerprint density at radius 2 is 1.94 bits per heavy atom. The van der Waals surface area contributed by atoms with Gasteiger partial charge < -0.3 is 5.11 Å². The maximum atomic E-state index is 11.8. The second-order valence-electron chi connectivity index (χ2n) is 3.90. The van der Waals surface area contributed by atoms with Crippen LogP contribution >= 0.6 is 0 Å². The summed E-state index contributed by atoms with van der Waals surface area (Å²) in [6, 6.07) is 7.27. The molecule has 0 fully saturated rings. The van der Waals surface area contributed by atoms with E-state index >= 15 is 0 Å². The Labute approximate surface area is 103 Å². The van der Waals surface area contributed by atoms with E-state index in [2.05, 4.69) is 5.10 Å². The van der Waals surface area contributed by atoms with Gasteiger partial charge in [-0.2, -0.15) is 4.68 Å². The molecule has 18 heavy (non-hydrogen) atoms. The summed E-state index contributed by atoms with van der Waals surface area (Å²) in [4.78, 5) is 22.7. The maximum absolute atomic E-state index is 11.8. The number of aryl methyl sites for hydroxylation is 1. The van der Waals surface area contributed by atoms with Crippen LogP contribution in [0.3, 0.4) is 0 Å². The monoisotopic (exact) mass is 247 g/mol. The minimum atomic E-state index is -1.22. The van der Waals surface area contributed by atoms with Gasteiger partial charge in [0, 0.05) is 7.05 Å². The van der Waals surface area contributed by atoms with Crippen molar-refractivity contribution >= 4 is 5.97 Å². The van der Waals surface area contributed by atoms with Crippen LogP contribution in [0.25, 0.3) is 5.69 Å². The molecule has 6 heteroatoms. The lowest BCUT2D eigenvalue weighted by atomic mass is 10.1. The molecule has 1 N–H and O–H groups in total. The van der Waals surface area contributed by atoms with Crippen LogP contribution < -0.4 is 5.69 Å². The number of hydrogen-bond donors (Lipinski definition) is 1. The average molecular weight is 247 g/mol. The Morgan fingerprint density at radius 1 is 1.33 bits per heavy atom. The first-order valence-corrected chi connectivity index (χ1v) is 5.53. The van der Waals surface area contributed by atoms with Crippen LogP contribution in [0.1, 0.15) is 23.1 Å². The zero-order chi connectivity index (χ0) is 13.3. The number of hydrogen-bond acceptors (Lipinski definition) is 3. The summed E-state index contributed by atoms with van der Waals surface area (Å²) in [7, 11) is 1.38. The molecule has 1 heterocycles. The molecule has 0 saturated heterocycles.